The van der Waals surface area contributed by atoms with Crippen molar-refractivity contribution in [3.63, 3.8) is 0 Å². The van der Waals surface area contributed by atoms with Crippen LogP contribution in [0.2, 0.25) is 0 Å². The van der Waals surface area contributed by atoms with Crippen molar-refractivity contribution in [3.8, 4) is 0 Å². The van der Waals surface area contributed by atoms with Crippen molar-refractivity contribution in [2.24, 2.45) is 5.41 Å². The van der Waals surface area contributed by atoms with Crippen LogP contribution in [0.15, 0.2) is 0 Å². The second-order valence-corrected chi connectivity index (χ2v) is 6.24. The molecule has 142 valence electrons. The Morgan fingerprint density at radius 3 is 1.50 bits per heavy atom. The molecule has 2 bridgehead atoms. The topological polar surface area (TPSA) is 40.5 Å². The van der Waals surface area contributed by atoms with Gasteiger partial charge in [-0.15, -0.1) is 0 Å². The van der Waals surface area contributed by atoms with Gasteiger partial charge in [-0.25, -0.2) is 17.6 Å². The molecule has 0 saturated heterocycles. The third-order valence-electron chi connectivity index (χ3n) is 4.99. The first-order chi connectivity index (χ1) is 10.3. The van der Waals surface area contributed by atoms with Crippen LogP contribution in [-0.2, 0) is 0 Å². The normalized spacial score (nSPS) is 51.2. The predicted octanol–water partition coefficient (Wildman–Crippen LogP) is 3.02. The summed E-state index contributed by atoms with van der Waals surface area (Å²) in [5.41, 5.74) is -16.4. The highest BCUT2D eigenvalue weighted by Gasteiger charge is 3.04. The number of hydrogen-bond acceptors (Lipinski definition) is 2. The Hall–Kier alpha value is -0.850. The Kier molecular flexibility index (Phi) is 3.33. The van der Waals surface area contributed by atoms with E-state index in [9.17, 15) is 53.4 Å². The van der Waals surface area contributed by atoms with Gasteiger partial charge in [0.2, 0.25) is 5.67 Å². The average molecular weight is 382 g/mol. The van der Waals surface area contributed by atoms with Gasteiger partial charge in [0, 0.05) is 6.42 Å². The minimum absolute atomic E-state index is 0.503. The summed E-state index contributed by atoms with van der Waals surface area (Å²) in [6.45, 7) is -3.51. The Balaban J connectivity index is 3.03. The fourth-order valence-electron chi connectivity index (χ4n) is 3.34. The molecular formula is C11H9F11O2. The molecule has 2 rings (SSSR count). The third kappa shape index (κ3) is 1.34. The highest BCUT2D eigenvalue weighted by Crippen LogP contribution is 2.77. The van der Waals surface area contributed by atoms with Crippen LogP contribution in [0.3, 0.4) is 0 Å². The first kappa shape index (κ1) is 19.5. The van der Waals surface area contributed by atoms with Gasteiger partial charge in [0.15, 0.2) is 0 Å². The van der Waals surface area contributed by atoms with Crippen LogP contribution in [0.4, 0.5) is 48.3 Å². The number of fused-ring (bicyclic) bond motifs is 2. The molecule has 0 spiro atoms. The fourth-order valence-corrected chi connectivity index (χ4v) is 3.34. The monoisotopic (exact) mass is 382 g/mol. The lowest BCUT2D eigenvalue weighted by Crippen LogP contribution is -2.94. The van der Waals surface area contributed by atoms with Crippen molar-refractivity contribution in [1.29, 1.82) is 0 Å². The number of aliphatic hydroxyl groups is 2. The predicted molar refractivity (Wildman–Crippen MR) is 53.3 cm³/mol. The molecule has 13 heteroatoms. The molecule has 2 nitrogen and oxygen atoms in total. The molecule has 0 amide bonds. The molecule has 0 aromatic heterocycles. The molecule has 4 atom stereocenters. The van der Waals surface area contributed by atoms with Gasteiger partial charge in [-0.2, -0.15) is 30.7 Å². The summed E-state index contributed by atoms with van der Waals surface area (Å²) in [6, 6.07) is 0. The Bertz CT molecular complexity index is 566. The lowest BCUT2D eigenvalue weighted by Gasteiger charge is -2.66. The van der Waals surface area contributed by atoms with Gasteiger partial charge < -0.3 is 10.2 Å². The van der Waals surface area contributed by atoms with E-state index in [1.54, 1.807) is 0 Å². The largest absolute Gasteiger partial charge is 0.373 e. The van der Waals surface area contributed by atoms with E-state index in [-0.39, 0.29) is 0 Å². The number of halogens is 11. The van der Waals surface area contributed by atoms with Gasteiger partial charge in [0.25, 0.3) is 11.5 Å². The summed E-state index contributed by atoms with van der Waals surface area (Å²) in [4.78, 5) is 0. The van der Waals surface area contributed by atoms with Gasteiger partial charge in [-0.1, -0.05) is 0 Å². The van der Waals surface area contributed by atoms with Crippen molar-refractivity contribution in [2.45, 2.75) is 54.2 Å². The molecule has 2 aliphatic carbocycles. The Labute approximate surface area is 126 Å². The second kappa shape index (κ2) is 4.10. The molecular weight excluding hydrogens is 373 g/mol. The van der Waals surface area contributed by atoms with Crippen LogP contribution in [-0.4, -0.2) is 57.7 Å². The summed E-state index contributed by atoms with van der Waals surface area (Å²) < 4.78 is 152. The van der Waals surface area contributed by atoms with Crippen molar-refractivity contribution in [2.75, 3.05) is 6.67 Å². The highest BCUT2D eigenvalue weighted by molar-refractivity contribution is 5.36. The molecule has 2 fully saturated rings. The maximum Gasteiger partial charge on any atom is 0.351 e. The number of alkyl halides is 11. The Morgan fingerprint density at radius 2 is 1.12 bits per heavy atom. The molecule has 4 unspecified atom stereocenters. The molecule has 2 aliphatic rings. The summed E-state index contributed by atoms with van der Waals surface area (Å²) >= 11 is 0. The van der Waals surface area contributed by atoms with E-state index in [1.807, 2.05) is 0 Å². The lowest BCUT2D eigenvalue weighted by molar-refractivity contribution is -0.540. The Morgan fingerprint density at radius 1 is 0.708 bits per heavy atom. The standard InChI is InChI=1S/C11H9F11O2/c1-4-2-5(13,3-12)9(18,19)6(23,7(4,14)15)10(20,21)11(22,24)8(4,16)17/h23-24H,2-3H2,1H3. The van der Waals surface area contributed by atoms with Crippen LogP contribution >= 0.6 is 0 Å². The van der Waals surface area contributed by atoms with Gasteiger partial charge in [-0.3, -0.25) is 0 Å². The zero-order valence-electron chi connectivity index (χ0n) is 11.5. The van der Waals surface area contributed by atoms with Gasteiger partial charge in [0.05, 0.1) is 0 Å². The molecule has 2 saturated carbocycles. The van der Waals surface area contributed by atoms with Crippen LogP contribution in [0.5, 0.6) is 0 Å². The van der Waals surface area contributed by atoms with E-state index in [4.69, 9.17) is 5.11 Å². The summed E-state index contributed by atoms with van der Waals surface area (Å²) in [5.74, 6) is -32.3. The van der Waals surface area contributed by atoms with Crippen LogP contribution in [0, 0.1) is 5.41 Å². The number of hydrogen-bond donors (Lipinski definition) is 2. The number of rotatable bonds is 1. The van der Waals surface area contributed by atoms with Gasteiger partial charge in [0.1, 0.15) is 12.1 Å². The van der Waals surface area contributed by atoms with Gasteiger partial charge >= 0.3 is 23.6 Å². The molecule has 0 aromatic carbocycles. The van der Waals surface area contributed by atoms with Crippen molar-refractivity contribution >= 4 is 0 Å². The van der Waals surface area contributed by atoms with E-state index in [0.29, 0.717) is 0 Å². The summed E-state index contributed by atoms with van der Waals surface area (Å²) in [6.07, 6.45) is -2.85. The summed E-state index contributed by atoms with van der Waals surface area (Å²) in [5, 5.41) is 18.1. The van der Waals surface area contributed by atoms with Crippen molar-refractivity contribution in [1.82, 2.24) is 0 Å². The van der Waals surface area contributed by atoms with E-state index >= 15 is 0 Å². The maximum absolute atomic E-state index is 14.1. The summed E-state index contributed by atoms with van der Waals surface area (Å²) in [7, 11) is 0. The first-order valence-electron chi connectivity index (χ1n) is 6.16. The molecule has 2 N–H and O–H groups in total. The van der Waals surface area contributed by atoms with E-state index in [2.05, 4.69) is 0 Å². The minimum Gasteiger partial charge on any atom is -0.373 e. The third-order valence-corrected chi connectivity index (χ3v) is 4.99. The quantitative estimate of drug-likeness (QED) is 0.685. The zero-order chi connectivity index (χ0) is 19.4. The maximum atomic E-state index is 14.1. The van der Waals surface area contributed by atoms with Crippen LogP contribution < -0.4 is 0 Å². The fraction of sp³-hybridized carbons (Fsp3) is 1.00. The highest BCUT2D eigenvalue weighted by atomic mass is 19.3. The molecule has 0 aliphatic heterocycles. The van der Waals surface area contributed by atoms with Crippen LogP contribution in [0.25, 0.3) is 0 Å². The SMILES string of the molecule is CC12CC(F)(CF)C(F)(F)C(O)(C(F)(F)C(O)(F)C1(F)F)C2(F)F. The average Bonchev–Trinajstić information content (AvgIpc) is 2.42. The minimum atomic E-state index is -6.97. The van der Waals surface area contributed by atoms with Crippen LogP contribution in [0.1, 0.15) is 13.3 Å². The first-order valence-corrected chi connectivity index (χ1v) is 6.16. The van der Waals surface area contributed by atoms with Crippen molar-refractivity contribution in [3.05, 3.63) is 0 Å². The van der Waals surface area contributed by atoms with Crippen molar-refractivity contribution < 1.29 is 58.5 Å². The van der Waals surface area contributed by atoms with E-state index < -0.39 is 66.2 Å². The molecule has 0 radical (unpaired) electrons. The lowest BCUT2D eigenvalue weighted by atomic mass is 9.48. The molecule has 24 heavy (non-hydrogen) atoms. The molecule has 0 heterocycles. The smallest absolute Gasteiger partial charge is 0.351 e. The van der Waals surface area contributed by atoms with E-state index in [0.717, 1.165) is 0 Å². The second-order valence-electron chi connectivity index (χ2n) is 6.24. The zero-order valence-corrected chi connectivity index (χ0v) is 11.5. The molecule has 0 aromatic rings. The van der Waals surface area contributed by atoms with Gasteiger partial charge in [-0.05, 0) is 6.92 Å². The van der Waals surface area contributed by atoms with E-state index in [1.165, 1.54) is 0 Å².